The molecule has 0 saturated heterocycles. The van der Waals surface area contributed by atoms with Gasteiger partial charge < -0.3 is 9.47 Å². The van der Waals surface area contributed by atoms with Gasteiger partial charge in [-0.2, -0.15) is 0 Å². The van der Waals surface area contributed by atoms with E-state index in [1.807, 2.05) is 6.07 Å². The first kappa shape index (κ1) is 16.2. The Balaban J connectivity index is 1.78. The van der Waals surface area contributed by atoms with Gasteiger partial charge in [0.05, 0.1) is 5.02 Å². The van der Waals surface area contributed by atoms with Crippen LogP contribution in [0.5, 0.6) is 11.5 Å². The van der Waals surface area contributed by atoms with Crippen molar-refractivity contribution in [2.75, 3.05) is 13.2 Å². The van der Waals surface area contributed by atoms with Crippen molar-refractivity contribution in [3.8, 4) is 11.5 Å². The van der Waals surface area contributed by atoms with Gasteiger partial charge in [-0.1, -0.05) is 41.9 Å². The van der Waals surface area contributed by atoms with Gasteiger partial charge in [-0.25, -0.2) is 9.87 Å². The molecule has 25 heavy (non-hydrogen) atoms. The van der Waals surface area contributed by atoms with Crippen molar-refractivity contribution < 1.29 is 23.9 Å². The number of hydroxylamine groups is 1. The summed E-state index contributed by atoms with van der Waals surface area (Å²) >= 11 is 6.24. The number of nitrogens with one attached hydrogen (secondary N) is 1. The van der Waals surface area contributed by atoms with Crippen LogP contribution in [0.15, 0.2) is 42.5 Å². The quantitative estimate of drug-likeness (QED) is 0.649. The maximum Gasteiger partial charge on any atom is 0.282 e. The molecule has 2 N–H and O–H groups in total. The van der Waals surface area contributed by atoms with Crippen LogP contribution >= 0.6 is 11.6 Å². The molecule has 3 atom stereocenters. The van der Waals surface area contributed by atoms with Crippen molar-refractivity contribution in [1.82, 2.24) is 5.48 Å². The van der Waals surface area contributed by atoms with Crippen LogP contribution in [0.25, 0.3) is 0 Å². The summed E-state index contributed by atoms with van der Waals surface area (Å²) in [5, 5.41) is 9.28. The minimum absolute atomic E-state index is 0.303. The minimum atomic E-state index is -2.26. The average Bonchev–Trinajstić information content (AvgIpc) is 3.29. The second-order valence-electron chi connectivity index (χ2n) is 6.10. The molecule has 1 heterocycles. The lowest BCUT2D eigenvalue weighted by molar-refractivity contribution is -0.136. The average molecular weight is 364 g/mol. The first-order chi connectivity index (χ1) is 12.1. The molecule has 1 saturated carbocycles. The van der Waals surface area contributed by atoms with Crippen molar-refractivity contribution in [2.24, 2.45) is 0 Å². The molecule has 0 radical (unpaired) electrons. The fourth-order valence-corrected chi connectivity index (χ4v) is 3.84. The first-order valence-corrected chi connectivity index (χ1v) is 8.22. The Morgan fingerprint density at radius 3 is 2.56 bits per heavy atom. The Morgan fingerprint density at radius 2 is 1.84 bits per heavy atom. The van der Waals surface area contributed by atoms with E-state index in [1.165, 1.54) is 5.48 Å². The number of carbonyl (C=O) groups excluding carboxylic acids is 1. The van der Waals surface area contributed by atoms with Crippen LogP contribution in [0.3, 0.4) is 0 Å². The predicted octanol–water partition coefficient (Wildman–Crippen LogP) is 3.21. The van der Waals surface area contributed by atoms with Gasteiger partial charge in [0.25, 0.3) is 5.91 Å². The van der Waals surface area contributed by atoms with Crippen LogP contribution in [0, 0.1) is 0 Å². The highest BCUT2D eigenvalue weighted by atomic mass is 35.5. The third kappa shape index (κ3) is 2.44. The fraction of sp³-hybridized carbons (Fsp3) is 0.278. The van der Waals surface area contributed by atoms with E-state index in [4.69, 9.17) is 26.3 Å². The molecule has 5 nitrogen and oxygen atoms in total. The number of fused-ring (bicyclic) bond motifs is 1. The highest BCUT2D eigenvalue weighted by Crippen LogP contribution is 2.67. The third-order valence-electron chi connectivity index (χ3n) is 4.72. The third-order valence-corrected chi connectivity index (χ3v) is 5.00. The van der Waals surface area contributed by atoms with Crippen LogP contribution < -0.4 is 15.0 Å². The Labute approximate surface area is 148 Å². The Kier molecular flexibility index (Phi) is 3.81. The van der Waals surface area contributed by atoms with Gasteiger partial charge in [0.2, 0.25) is 5.67 Å². The van der Waals surface area contributed by atoms with Crippen molar-refractivity contribution in [3.63, 3.8) is 0 Å². The summed E-state index contributed by atoms with van der Waals surface area (Å²) in [5.74, 6) is -1.73. The number of benzene rings is 2. The SMILES string of the molecule is O=C(NO)[C@]1(F)[C@H](c2ccccc2)[C@H]1c1cc(Cl)c2c(c1)OCCO2. The first-order valence-electron chi connectivity index (χ1n) is 7.84. The minimum Gasteiger partial charge on any atom is -0.486 e. The smallest absolute Gasteiger partial charge is 0.282 e. The molecule has 1 amide bonds. The van der Waals surface area contributed by atoms with Gasteiger partial charge >= 0.3 is 0 Å². The van der Waals surface area contributed by atoms with E-state index in [-0.39, 0.29) is 0 Å². The van der Waals surface area contributed by atoms with Crippen LogP contribution in [0.1, 0.15) is 23.0 Å². The number of rotatable bonds is 3. The lowest BCUT2D eigenvalue weighted by atomic mass is 10.0. The van der Waals surface area contributed by atoms with Gasteiger partial charge in [0, 0.05) is 11.8 Å². The summed E-state index contributed by atoms with van der Waals surface area (Å²) in [6, 6.07) is 12.1. The second kappa shape index (κ2) is 5.89. The maximum absolute atomic E-state index is 15.5. The molecule has 4 rings (SSSR count). The molecule has 2 aliphatic rings. The Morgan fingerprint density at radius 1 is 1.16 bits per heavy atom. The van der Waals surface area contributed by atoms with Gasteiger partial charge in [0.15, 0.2) is 11.5 Å². The molecule has 0 unspecified atom stereocenters. The Hall–Kier alpha value is -2.31. The van der Waals surface area contributed by atoms with Crippen LogP contribution in [-0.2, 0) is 4.79 Å². The number of carbonyl (C=O) groups is 1. The zero-order chi connectivity index (χ0) is 17.6. The van der Waals surface area contributed by atoms with Crippen LogP contribution in [-0.4, -0.2) is 30.0 Å². The van der Waals surface area contributed by atoms with Crippen molar-refractivity contribution >= 4 is 17.5 Å². The zero-order valence-corrected chi connectivity index (χ0v) is 13.8. The van der Waals surface area contributed by atoms with Gasteiger partial charge in [-0.15, -0.1) is 0 Å². The highest BCUT2D eigenvalue weighted by Gasteiger charge is 2.72. The topological polar surface area (TPSA) is 67.8 Å². The summed E-state index contributed by atoms with van der Waals surface area (Å²) in [7, 11) is 0. The number of hydrogen-bond donors (Lipinski definition) is 2. The molecule has 0 spiro atoms. The molecule has 1 fully saturated rings. The van der Waals surface area contributed by atoms with Crippen molar-refractivity contribution in [2.45, 2.75) is 17.5 Å². The van der Waals surface area contributed by atoms with E-state index in [2.05, 4.69) is 0 Å². The molecule has 0 aromatic heterocycles. The molecule has 1 aliphatic heterocycles. The highest BCUT2D eigenvalue weighted by molar-refractivity contribution is 6.32. The van der Waals surface area contributed by atoms with E-state index in [0.717, 1.165) is 0 Å². The predicted molar refractivity (Wildman–Crippen MR) is 88.1 cm³/mol. The van der Waals surface area contributed by atoms with E-state index in [0.29, 0.717) is 40.9 Å². The second-order valence-corrected chi connectivity index (χ2v) is 6.51. The van der Waals surface area contributed by atoms with E-state index in [1.54, 1.807) is 36.4 Å². The van der Waals surface area contributed by atoms with Gasteiger partial charge in [0.1, 0.15) is 13.2 Å². The lowest BCUT2D eigenvalue weighted by Gasteiger charge is -2.20. The fourth-order valence-electron chi connectivity index (χ4n) is 3.57. The summed E-state index contributed by atoms with van der Waals surface area (Å²) in [6.45, 7) is 0.763. The largest absolute Gasteiger partial charge is 0.486 e. The number of hydrogen-bond acceptors (Lipinski definition) is 4. The molecule has 2 aromatic rings. The number of alkyl halides is 1. The normalized spacial score (nSPS) is 26.8. The monoisotopic (exact) mass is 363 g/mol. The summed E-state index contributed by atoms with van der Waals surface area (Å²) in [6.07, 6.45) is 0. The number of ether oxygens (including phenoxy) is 2. The van der Waals surface area contributed by atoms with Crippen molar-refractivity contribution in [1.29, 1.82) is 0 Å². The van der Waals surface area contributed by atoms with E-state index >= 15 is 4.39 Å². The summed E-state index contributed by atoms with van der Waals surface area (Å²) < 4.78 is 26.5. The lowest BCUT2D eigenvalue weighted by Crippen LogP contribution is -2.33. The van der Waals surface area contributed by atoms with E-state index < -0.39 is 23.4 Å². The molecule has 2 aromatic carbocycles. The van der Waals surface area contributed by atoms with Crippen LogP contribution in [0.2, 0.25) is 5.02 Å². The molecule has 0 bridgehead atoms. The van der Waals surface area contributed by atoms with E-state index in [9.17, 15) is 4.79 Å². The van der Waals surface area contributed by atoms with Crippen LogP contribution in [0.4, 0.5) is 4.39 Å². The standard InChI is InChI=1S/C18H15ClFNO4/c19-12-8-11(9-13-16(12)25-7-6-24-13)15-14(10-4-2-1-3-5-10)18(15,20)17(22)21-23/h1-5,8-9,14-15,23H,6-7H2,(H,21,22)/t14-,15-,18+/m1/s1. The molecule has 1 aliphatic carbocycles. The number of halogens is 2. The number of amides is 1. The zero-order valence-electron chi connectivity index (χ0n) is 13.0. The van der Waals surface area contributed by atoms with Crippen molar-refractivity contribution in [3.05, 3.63) is 58.6 Å². The maximum atomic E-state index is 15.5. The summed E-state index contributed by atoms with van der Waals surface area (Å²) in [5.41, 5.74) is 0.374. The molecule has 130 valence electrons. The molecule has 7 heteroatoms. The summed E-state index contributed by atoms with van der Waals surface area (Å²) in [4.78, 5) is 12.0. The van der Waals surface area contributed by atoms with Gasteiger partial charge in [-0.3, -0.25) is 10.0 Å². The Bertz CT molecular complexity index is 831. The molecular weight excluding hydrogens is 349 g/mol. The van der Waals surface area contributed by atoms with Gasteiger partial charge in [-0.05, 0) is 23.3 Å². The molecular formula is C18H15ClFNO4.